The van der Waals surface area contributed by atoms with Crippen LogP contribution in [-0.2, 0) is 0 Å². The Morgan fingerprint density at radius 2 is 2.00 bits per heavy atom. The molecule has 0 bridgehead atoms. The van der Waals surface area contributed by atoms with E-state index in [0.29, 0.717) is 0 Å². The Bertz CT molecular complexity index is 455. The van der Waals surface area contributed by atoms with Gasteiger partial charge >= 0.3 is 0 Å². The summed E-state index contributed by atoms with van der Waals surface area (Å²) in [7, 11) is 1.67. The van der Waals surface area contributed by atoms with Crippen molar-refractivity contribution in [1.29, 1.82) is 0 Å². The minimum absolute atomic E-state index is 0.278. The molecule has 0 unspecified atom stereocenters. The van der Waals surface area contributed by atoms with E-state index in [0.717, 1.165) is 25.1 Å². The van der Waals surface area contributed by atoms with E-state index in [9.17, 15) is 0 Å². The number of ether oxygens (including phenoxy) is 1. The van der Waals surface area contributed by atoms with Crippen molar-refractivity contribution in [3.05, 3.63) is 29.8 Å². The van der Waals surface area contributed by atoms with E-state index in [1.54, 1.807) is 7.11 Å². The molecule has 0 fully saturated rings. The first-order valence-corrected chi connectivity index (χ1v) is 7.26. The topological polar surface area (TPSA) is 79.9 Å². The van der Waals surface area contributed by atoms with Gasteiger partial charge in [-0.3, -0.25) is 0 Å². The number of nitrogens with one attached hydrogen (secondary N) is 1. The zero-order chi connectivity index (χ0) is 15.9. The van der Waals surface area contributed by atoms with Gasteiger partial charge in [0.25, 0.3) is 0 Å². The molecule has 1 rings (SSSR count). The lowest BCUT2D eigenvalue weighted by Gasteiger charge is -2.23. The van der Waals surface area contributed by atoms with Gasteiger partial charge in [-0.25, -0.2) is 0 Å². The summed E-state index contributed by atoms with van der Waals surface area (Å²) in [5.74, 6) is 1.15. The smallest absolute Gasteiger partial charge is 0.144 e. The summed E-state index contributed by atoms with van der Waals surface area (Å²) in [6.45, 7) is 6.98. The van der Waals surface area contributed by atoms with Gasteiger partial charge in [-0.05, 0) is 44.0 Å². The van der Waals surface area contributed by atoms with Crippen molar-refractivity contribution >= 4 is 5.84 Å². The molecular weight excluding hydrogens is 266 g/mol. The molecule has 0 heterocycles. The molecule has 0 saturated heterocycles. The highest BCUT2D eigenvalue weighted by Gasteiger charge is 2.22. The summed E-state index contributed by atoms with van der Waals surface area (Å²) in [6, 6.07) is 8.35. The molecule has 0 aliphatic carbocycles. The van der Waals surface area contributed by atoms with Crippen LogP contribution in [0.4, 0.5) is 0 Å². The van der Waals surface area contributed by atoms with Gasteiger partial charge in [0.2, 0.25) is 0 Å². The molecule has 118 valence electrons. The van der Waals surface area contributed by atoms with Crippen molar-refractivity contribution in [1.82, 2.24) is 5.32 Å². The number of oxime groups is 1. The summed E-state index contributed by atoms with van der Waals surface area (Å²) < 4.78 is 5.15. The van der Waals surface area contributed by atoms with Gasteiger partial charge < -0.3 is 21.0 Å². The van der Waals surface area contributed by atoms with Crippen molar-refractivity contribution in [3.63, 3.8) is 0 Å². The van der Waals surface area contributed by atoms with E-state index in [1.807, 2.05) is 26.0 Å². The largest absolute Gasteiger partial charge is 0.497 e. The Kier molecular flexibility index (Phi) is 6.49. The number of methoxy groups -OCH3 is 1. The molecule has 4 N–H and O–H groups in total. The van der Waals surface area contributed by atoms with Gasteiger partial charge in [-0.15, -0.1) is 0 Å². The number of nitrogens with two attached hydrogens (primary N) is 1. The maximum atomic E-state index is 8.74. The van der Waals surface area contributed by atoms with Crippen molar-refractivity contribution in [3.8, 4) is 5.75 Å². The predicted molar refractivity (Wildman–Crippen MR) is 85.8 cm³/mol. The lowest BCUT2D eigenvalue weighted by molar-refractivity contribution is 0.304. The van der Waals surface area contributed by atoms with Gasteiger partial charge in [0, 0.05) is 11.5 Å². The maximum absolute atomic E-state index is 8.74. The third-order valence-corrected chi connectivity index (χ3v) is 3.85. The maximum Gasteiger partial charge on any atom is 0.144 e. The summed E-state index contributed by atoms with van der Waals surface area (Å²) in [6.07, 6.45) is 1.83. The monoisotopic (exact) mass is 293 g/mol. The number of hydrogen-bond acceptors (Lipinski definition) is 4. The summed E-state index contributed by atoms with van der Waals surface area (Å²) >= 11 is 0. The average Bonchev–Trinajstić information content (AvgIpc) is 2.50. The Labute approximate surface area is 127 Å². The highest BCUT2D eigenvalue weighted by molar-refractivity contribution is 5.85. The highest BCUT2D eigenvalue weighted by atomic mass is 16.5. The van der Waals surface area contributed by atoms with E-state index in [2.05, 4.69) is 29.5 Å². The van der Waals surface area contributed by atoms with Crippen LogP contribution in [0.1, 0.15) is 45.2 Å². The fourth-order valence-corrected chi connectivity index (χ4v) is 2.12. The second-order valence-electron chi connectivity index (χ2n) is 5.92. The lowest BCUT2D eigenvalue weighted by atomic mass is 9.86. The highest BCUT2D eigenvalue weighted by Crippen LogP contribution is 2.22. The second kappa shape index (κ2) is 7.88. The summed E-state index contributed by atoms with van der Waals surface area (Å²) in [5, 5.41) is 15.3. The normalized spacial score (nSPS) is 14.0. The van der Waals surface area contributed by atoms with E-state index < -0.39 is 0 Å². The molecular formula is C16H27N3O2. The molecule has 1 aromatic rings. The van der Waals surface area contributed by atoms with E-state index in [4.69, 9.17) is 15.7 Å². The Morgan fingerprint density at radius 1 is 1.38 bits per heavy atom. The Hall–Kier alpha value is -1.75. The van der Waals surface area contributed by atoms with E-state index >= 15 is 0 Å². The van der Waals surface area contributed by atoms with Crippen LogP contribution in [0.2, 0.25) is 0 Å². The molecule has 0 aromatic heterocycles. The number of hydrogen-bond donors (Lipinski definition) is 3. The van der Waals surface area contributed by atoms with Gasteiger partial charge in [0.15, 0.2) is 0 Å². The Balaban J connectivity index is 2.38. The molecule has 1 atom stereocenters. The standard InChI is InChI=1S/C16H27N3O2/c1-12(13-6-8-14(21-4)9-7-13)18-11-5-10-16(2,3)15(17)19-20/h6-9,12,18,20H,5,10-11H2,1-4H3,(H2,17,19)/t12-/m0/s1. The van der Waals surface area contributed by atoms with E-state index in [-0.39, 0.29) is 17.3 Å². The minimum atomic E-state index is -0.278. The first-order chi connectivity index (χ1) is 9.90. The summed E-state index contributed by atoms with van der Waals surface area (Å²) in [4.78, 5) is 0. The third kappa shape index (κ3) is 5.27. The van der Waals surface area contributed by atoms with Gasteiger partial charge in [-0.1, -0.05) is 31.1 Å². The second-order valence-corrected chi connectivity index (χ2v) is 5.92. The molecule has 0 saturated carbocycles. The predicted octanol–water partition coefficient (Wildman–Crippen LogP) is 2.90. The van der Waals surface area contributed by atoms with Crippen molar-refractivity contribution in [2.24, 2.45) is 16.3 Å². The fourth-order valence-electron chi connectivity index (χ4n) is 2.12. The van der Waals surface area contributed by atoms with Crippen LogP contribution in [0, 0.1) is 5.41 Å². The van der Waals surface area contributed by atoms with Gasteiger partial charge in [-0.2, -0.15) is 0 Å². The van der Waals surface area contributed by atoms with Crippen LogP contribution in [0.3, 0.4) is 0 Å². The Morgan fingerprint density at radius 3 is 2.52 bits per heavy atom. The molecule has 5 nitrogen and oxygen atoms in total. The van der Waals surface area contributed by atoms with Crippen LogP contribution in [0.5, 0.6) is 5.75 Å². The van der Waals surface area contributed by atoms with Gasteiger partial charge in [0.05, 0.1) is 7.11 Å². The number of rotatable bonds is 8. The van der Waals surface area contributed by atoms with Crippen molar-refractivity contribution in [2.75, 3.05) is 13.7 Å². The number of benzene rings is 1. The third-order valence-electron chi connectivity index (χ3n) is 3.85. The molecule has 21 heavy (non-hydrogen) atoms. The van der Waals surface area contributed by atoms with Crippen molar-refractivity contribution in [2.45, 2.75) is 39.7 Å². The zero-order valence-corrected chi connectivity index (χ0v) is 13.4. The lowest BCUT2D eigenvalue weighted by Crippen LogP contribution is -2.32. The van der Waals surface area contributed by atoms with Crippen LogP contribution in [0.15, 0.2) is 29.4 Å². The first kappa shape index (κ1) is 17.3. The molecule has 0 spiro atoms. The number of nitrogens with zero attached hydrogens (tertiary/aromatic N) is 1. The summed E-state index contributed by atoms with van der Waals surface area (Å²) in [5.41, 5.74) is 6.63. The zero-order valence-electron chi connectivity index (χ0n) is 13.4. The van der Waals surface area contributed by atoms with Crippen molar-refractivity contribution < 1.29 is 9.94 Å². The van der Waals surface area contributed by atoms with Gasteiger partial charge in [0.1, 0.15) is 11.6 Å². The quantitative estimate of drug-likeness (QED) is 0.226. The molecule has 0 aliphatic heterocycles. The first-order valence-electron chi connectivity index (χ1n) is 7.26. The average molecular weight is 293 g/mol. The fraction of sp³-hybridized carbons (Fsp3) is 0.562. The molecule has 0 radical (unpaired) electrons. The number of amidine groups is 1. The van der Waals surface area contributed by atoms with Crippen LogP contribution in [-0.4, -0.2) is 24.7 Å². The molecule has 1 aromatic carbocycles. The molecule has 5 heteroatoms. The van der Waals surface area contributed by atoms with Crippen LogP contribution >= 0.6 is 0 Å². The molecule has 0 amide bonds. The SMILES string of the molecule is COc1ccc([C@H](C)NCCCC(C)(C)/C(N)=N/O)cc1. The minimum Gasteiger partial charge on any atom is -0.497 e. The van der Waals surface area contributed by atoms with E-state index in [1.165, 1.54) is 5.56 Å². The molecule has 0 aliphatic rings. The van der Waals surface area contributed by atoms with Crippen LogP contribution in [0.25, 0.3) is 0 Å². The van der Waals surface area contributed by atoms with Crippen LogP contribution < -0.4 is 15.8 Å².